The molecule has 1 amide bonds. The maximum absolute atomic E-state index is 12.2. The molecule has 0 fully saturated rings. The minimum Gasteiger partial charge on any atom is -0.479 e. The number of rotatable bonds is 5. The molecule has 0 aliphatic carbocycles. The van der Waals surface area contributed by atoms with Crippen LogP contribution in [0.2, 0.25) is 10.0 Å². The van der Waals surface area contributed by atoms with Crippen LogP contribution in [-0.4, -0.2) is 12.5 Å². The van der Waals surface area contributed by atoms with Crippen molar-refractivity contribution in [1.82, 2.24) is 0 Å². The fourth-order valence-electron chi connectivity index (χ4n) is 1.92. The smallest absolute Gasteiger partial charge is 0.266 e. The molecule has 0 aliphatic heterocycles. The highest BCUT2D eigenvalue weighted by Gasteiger charge is 2.10. The van der Waals surface area contributed by atoms with E-state index in [2.05, 4.69) is 5.32 Å². The minimum absolute atomic E-state index is 0.0523. The van der Waals surface area contributed by atoms with Gasteiger partial charge in [0.25, 0.3) is 5.91 Å². The standard InChI is InChI=1S/C18H11Cl2N3O2/c19-14-8-15(20)10-16(9-14)23-18(24)13(11-22)7-12-1-3-17(4-2-12)25-6-5-21/h1-4,7-10H,6H2,(H,23,24)/b13-7+. The number of benzene rings is 2. The van der Waals surface area contributed by atoms with E-state index in [-0.39, 0.29) is 12.2 Å². The number of carbonyl (C=O) groups is 1. The Morgan fingerprint density at radius 2 is 1.76 bits per heavy atom. The molecule has 0 atom stereocenters. The molecule has 2 aromatic carbocycles. The molecule has 2 rings (SSSR count). The maximum atomic E-state index is 12.2. The Hall–Kier alpha value is -2.99. The van der Waals surface area contributed by atoms with Gasteiger partial charge in [-0.3, -0.25) is 4.79 Å². The van der Waals surface area contributed by atoms with Gasteiger partial charge in [0.1, 0.15) is 23.5 Å². The average molecular weight is 372 g/mol. The molecule has 0 spiro atoms. The zero-order valence-corrected chi connectivity index (χ0v) is 14.3. The highest BCUT2D eigenvalue weighted by atomic mass is 35.5. The summed E-state index contributed by atoms with van der Waals surface area (Å²) in [6.45, 7) is -0.0523. The third-order valence-electron chi connectivity index (χ3n) is 2.98. The summed E-state index contributed by atoms with van der Waals surface area (Å²) in [5.74, 6) is -0.0548. The second-order valence-electron chi connectivity index (χ2n) is 4.80. The van der Waals surface area contributed by atoms with E-state index in [1.807, 2.05) is 12.1 Å². The first kappa shape index (κ1) is 18.4. The molecule has 0 saturated heterocycles. The summed E-state index contributed by atoms with van der Waals surface area (Å²) in [6.07, 6.45) is 1.44. The number of anilines is 1. The lowest BCUT2D eigenvalue weighted by molar-refractivity contribution is -0.112. The monoisotopic (exact) mass is 371 g/mol. The van der Waals surface area contributed by atoms with E-state index >= 15 is 0 Å². The quantitative estimate of drug-likeness (QED) is 0.621. The highest BCUT2D eigenvalue weighted by molar-refractivity contribution is 6.35. The number of ether oxygens (including phenoxy) is 1. The van der Waals surface area contributed by atoms with Crippen molar-refractivity contribution in [2.75, 3.05) is 11.9 Å². The van der Waals surface area contributed by atoms with Crippen LogP contribution >= 0.6 is 23.2 Å². The van der Waals surface area contributed by atoms with Crippen LogP contribution in [0.1, 0.15) is 5.56 Å². The minimum atomic E-state index is -0.578. The molecule has 25 heavy (non-hydrogen) atoms. The van der Waals surface area contributed by atoms with Crippen LogP contribution in [0.5, 0.6) is 5.75 Å². The van der Waals surface area contributed by atoms with Gasteiger partial charge in [-0.2, -0.15) is 10.5 Å². The Morgan fingerprint density at radius 3 is 2.32 bits per heavy atom. The van der Waals surface area contributed by atoms with Gasteiger partial charge in [-0.05, 0) is 42.0 Å². The lowest BCUT2D eigenvalue weighted by Gasteiger charge is -2.06. The van der Waals surface area contributed by atoms with Gasteiger partial charge in [0.05, 0.1) is 0 Å². The summed E-state index contributed by atoms with van der Waals surface area (Å²) < 4.78 is 5.14. The van der Waals surface area contributed by atoms with Crippen molar-refractivity contribution in [2.45, 2.75) is 0 Å². The van der Waals surface area contributed by atoms with Crippen LogP contribution in [0, 0.1) is 22.7 Å². The number of hydrogen-bond acceptors (Lipinski definition) is 4. The molecule has 2 aromatic rings. The fraction of sp³-hybridized carbons (Fsp3) is 0.0556. The summed E-state index contributed by atoms with van der Waals surface area (Å²) in [6, 6.07) is 15.0. The van der Waals surface area contributed by atoms with Crippen LogP contribution in [0.15, 0.2) is 48.0 Å². The number of nitrogens with one attached hydrogen (secondary N) is 1. The van der Waals surface area contributed by atoms with Crippen LogP contribution in [-0.2, 0) is 4.79 Å². The Bertz CT molecular complexity index is 874. The van der Waals surface area contributed by atoms with Gasteiger partial charge in [-0.1, -0.05) is 35.3 Å². The van der Waals surface area contributed by atoms with Crippen molar-refractivity contribution < 1.29 is 9.53 Å². The van der Waals surface area contributed by atoms with Crippen molar-refractivity contribution in [1.29, 1.82) is 10.5 Å². The van der Waals surface area contributed by atoms with E-state index in [1.54, 1.807) is 24.3 Å². The molecular weight excluding hydrogens is 361 g/mol. The summed E-state index contributed by atoms with van der Waals surface area (Å²) >= 11 is 11.8. The molecule has 0 heterocycles. The van der Waals surface area contributed by atoms with Crippen LogP contribution in [0.3, 0.4) is 0 Å². The van der Waals surface area contributed by atoms with Gasteiger partial charge >= 0.3 is 0 Å². The van der Waals surface area contributed by atoms with Gasteiger partial charge in [0, 0.05) is 15.7 Å². The van der Waals surface area contributed by atoms with E-state index in [0.717, 1.165) is 0 Å². The van der Waals surface area contributed by atoms with Crippen LogP contribution in [0.4, 0.5) is 5.69 Å². The highest BCUT2D eigenvalue weighted by Crippen LogP contribution is 2.23. The van der Waals surface area contributed by atoms with Gasteiger partial charge in [-0.25, -0.2) is 0 Å². The SMILES string of the molecule is N#CCOc1ccc(/C=C(\C#N)C(=O)Nc2cc(Cl)cc(Cl)c2)cc1. The Labute approximate surface area is 154 Å². The summed E-state index contributed by atoms with van der Waals surface area (Å²) in [5, 5.41) is 21.0. The van der Waals surface area contributed by atoms with Gasteiger partial charge in [-0.15, -0.1) is 0 Å². The molecule has 1 N–H and O–H groups in total. The summed E-state index contributed by atoms with van der Waals surface area (Å²) in [7, 11) is 0. The topological polar surface area (TPSA) is 85.9 Å². The number of nitriles is 2. The maximum Gasteiger partial charge on any atom is 0.266 e. The molecule has 0 aliphatic rings. The van der Waals surface area contributed by atoms with E-state index in [0.29, 0.717) is 27.0 Å². The molecule has 0 unspecified atom stereocenters. The number of nitrogens with zero attached hydrogens (tertiary/aromatic N) is 2. The second-order valence-corrected chi connectivity index (χ2v) is 5.67. The van der Waals surface area contributed by atoms with Crippen LogP contribution < -0.4 is 10.1 Å². The molecule has 5 nitrogen and oxygen atoms in total. The zero-order valence-electron chi connectivity index (χ0n) is 12.8. The molecule has 0 saturated carbocycles. The fourth-order valence-corrected chi connectivity index (χ4v) is 2.44. The average Bonchev–Trinajstić information content (AvgIpc) is 2.57. The van der Waals surface area contributed by atoms with Gasteiger partial charge in [0.15, 0.2) is 6.61 Å². The van der Waals surface area contributed by atoms with Crippen molar-refractivity contribution in [3.63, 3.8) is 0 Å². The Kier molecular flexibility index (Phi) is 6.42. The van der Waals surface area contributed by atoms with Crippen molar-refractivity contribution in [3.05, 3.63) is 63.6 Å². The summed E-state index contributed by atoms with van der Waals surface area (Å²) in [5.41, 5.74) is 0.950. The second kappa shape index (κ2) is 8.75. The Morgan fingerprint density at radius 1 is 1.12 bits per heavy atom. The summed E-state index contributed by atoms with van der Waals surface area (Å²) in [4.78, 5) is 12.2. The molecule has 0 bridgehead atoms. The Balaban J connectivity index is 2.15. The van der Waals surface area contributed by atoms with Crippen LogP contribution in [0.25, 0.3) is 6.08 Å². The van der Waals surface area contributed by atoms with Crippen molar-refractivity contribution >= 4 is 40.9 Å². The third-order valence-corrected chi connectivity index (χ3v) is 3.42. The predicted molar refractivity (Wildman–Crippen MR) is 96.2 cm³/mol. The van der Waals surface area contributed by atoms with E-state index in [4.69, 9.17) is 33.2 Å². The number of hydrogen-bond donors (Lipinski definition) is 1. The molecule has 124 valence electrons. The lowest BCUT2D eigenvalue weighted by Crippen LogP contribution is -2.13. The largest absolute Gasteiger partial charge is 0.479 e. The van der Waals surface area contributed by atoms with Crippen molar-refractivity contribution in [2.24, 2.45) is 0 Å². The van der Waals surface area contributed by atoms with E-state index in [9.17, 15) is 10.1 Å². The number of carbonyl (C=O) groups excluding carboxylic acids is 1. The third kappa shape index (κ3) is 5.54. The normalized spacial score (nSPS) is 10.5. The van der Waals surface area contributed by atoms with E-state index in [1.165, 1.54) is 24.3 Å². The van der Waals surface area contributed by atoms with Crippen molar-refractivity contribution in [3.8, 4) is 17.9 Å². The first-order valence-corrected chi connectivity index (χ1v) is 7.76. The zero-order chi connectivity index (χ0) is 18.2. The number of amides is 1. The van der Waals surface area contributed by atoms with Gasteiger partial charge < -0.3 is 10.1 Å². The lowest BCUT2D eigenvalue weighted by atomic mass is 10.1. The first-order valence-electron chi connectivity index (χ1n) is 7.01. The molecule has 0 aromatic heterocycles. The van der Waals surface area contributed by atoms with Gasteiger partial charge in [0.2, 0.25) is 0 Å². The number of halogens is 2. The molecule has 7 heteroatoms. The molecular formula is C18H11Cl2N3O2. The molecule has 0 radical (unpaired) electrons. The predicted octanol–water partition coefficient (Wildman–Crippen LogP) is 4.44. The first-order chi connectivity index (χ1) is 12.0. The van der Waals surface area contributed by atoms with E-state index < -0.39 is 5.91 Å².